The molecule has 0 saturated carbocycles. The number of rotatable bonds is 43. The summed E-state index contributed by atoms with van der Waals surface area (Å²) >= 11 is 0. The summed E-state index contributed by atoms with van der Waals surface area (Å²) in [6.07, 6.45) is 0. The van der Waals surface area contributed by atoms with Gasteiger partial charge in [0.1, 0.15) is 0 Å². The lowest BCUT2D eigenvalue weighted by Gasteiger charge is -2.46. The summed E-state index contributed by atoms with van der Waals surface area (Å²) in [5.74, 6) is 0. The van der Waals surface area contributed by atoms with Crippen LogP contribution in [0.15, 0.2) is 328 Å². The predicted molar refractivity (Wildman–Crippen MR) is 559 cm³/mol. The topological polar surface area (TPSA) is 92.3 Å². The highest BCUT2D eigenvalue weighted by molar-refractivity contribution is 7.07. The van der Waals surface area contributed by atoms with Crippen LogP contribution in [0.1, 0.15) is 14.9 Å². The Morgan fingerprint density at radius 3 is 0.446 bits per heavy atom. The zero-order valence-corrected chi connectivity index (χ0v) is 90.7. The molecule has 0 aromatic heterocycles. The molecular formula is C96H146O10Si15. The van der Waals surface area contributed by atoms with Gasteiger partial charge in [-0.25, -0.2) is 0 Å². The number of hydrogen-bond donors (Lipinski definition) is 0. The minimum Gasteiger partial charge on any atom is -0.430 e. The van der Waals surface area contributed by atoms with Gasteiger partial charge in [0.15, 0.2) is 58.2 Å². The summed E-state index contributed by atoms with van der Waals surface area (Å²) in [5, 5.41) is 11.5. The van der Waals surface area contributed by atoms with Crippen molar-refractivity contribution in [1.29, 1.82) is 0 Å². The van der Waals surface area contributed by atoms with Gasteiger partial charge in [-0.2, -0.15) is 0 Å². The second-order valence-electron chi connectivity index (χ2n) is 38.4. The Morgan fingerprint density at radius 1 is 0.190 bits per heavy atom. The van der Waals surface area contributed by atoms with Gasteiger partial charge < -0.3 is 41.5 Å². The quantitative estimate of drug-likeness (QED) is 0.0344. The van der Waals surface area contributed by atoms with Crippen LogP contribution in [-0.4, -0.2) is 133 Å². The lowest BCUT2D eigenvalue weighted by Crippen LogP contribution is -2.71. The van der Waals surface area contributed by atoms with Crippen molar-refractivity contribution in [3.63, 3.8) is 0 Å². The summed E-state index contributed by atoms with van der Waals surface area (Å²) in [7, 11) is -36.8. The van der Waals surface area contributed by atoms with Crippen LogP contribution < -0.4 is 51.9 Å². The number of hydrogen-bond acceptors (Lipinski definition) is 10. The van der Waals surface area contributed by atoms with Crippen molar-refractivity contribution >= 4 is 178 Å². The van der Waals surface area contributed by atoms with Crippen LogP contribution in [0.25, 0.3) is 0 Å². The third-order valence-corrected chi connectivity index (χ3v) is 79.5. The molecule has 0 fully saturated rings. The van der Waals surface area contributed by atoms with E-state index in [-0.39, 0.29) is 14.9 Å². The maximum atomic E-state index is 8.08. The fourth-order valence-corrected chi connectivity index (χ4v) is 85.8. The van der Waals surface area contributed by atoms with Crippen LogP contribution in [-0.2, 0) is 41.5 Å². The first-order valence-corrected chi connectivity index (χ1v) is 83.2. The van der Waals surface area contributed by atoms with Gasteiger partial charge >= 0.3 is 42.8 Å². The molecule has 0 aliphatic carbocycles. The lowest BCUT2D eigenvalue weighted by molar-refractivity contribution is 0.325. The molecule has 0 saturated heterocycles. The monoisotopic (exact) mass is 1880 g/mol. The van der Waals surface area contributed by atoms with Gasteiger partial charge in [-0.15, -0.1) is 13.2 Å². The van der Waals surface area contributed by atoms with E-state index < -0.39 is 126 Å². The highest BCUT2D eigenvalue weighted by Gasteiger charge is 2.57. The van der Waals surface area contributed by atoms with E-state index in [1.54, 1.807) is 7.11 Å². The Bertz CT molecular complexity index is 4540. The summed E-state index contributed by atoms with van der Waals surface area (Å²) in [6, 6.07) is 115. The van der Waals surface area contributed by atoms with Crippen LogP contribution >= 0.6 is 0 Å². The Balaban J connectivity index is 0.000000373. The molecule has 10 aromatic carbocycles. The van der Waals surface area contributed by atoms with E-state index >= 15 is 0 Å². The van der Waals surface area contributed by atoms with Gasteiger partial charge in [-0.05, 0) is 212 Å². The van der Waals surface area contributed by atoms with Crippen LogP contribution in [0, 0.1) is 0 Å². The lowest BCUT2D eigenvalue weighted by atomic mass is 10.4. The minimum atomic E-state index is -3.36. The van der Waals surface area contributed by atoms with Gasteiger partial charge in [0.05, 0.1) is 0 Å². The van der Waals surface area contributed by atoms with Crippen LogP contribution in [0.3, 0.4) is 0 Å². The zero-order chi connectivity index (χ0) is 86.8. The zero-order valence-electron chi connectivity index (χ0n) is 75.7. The largest absolute Gasteiger partial charge is 0.430 e. The highest BCUT2D eigenvalue weighted by Crippen LogP contribution is 2.36. The molecular weight excluding hydrogens is 1730 g/mol. The van der Waals surface area contributed by atoms with Gasteiger partial charge in [-0.1, -0.05) is 355 Å². The van der Waals surface area contributed by atoms with Crippen LogP contribution in [0.4, 0.5) is 0 Å². The van der Waals surface area contributed by atoms with Crippen LogP contribution in [0.2, 0.25) is 186 Å². The molecule has 0 amide bonds. The first-order valence-electron chi connectivity index (χ1n) is 42.6. The molecule has 10 aromatic rings. The van der Waals surface area contributed by atoms with Crippen molar-refractivity contribution in [2.24, 2.45) is 0 Å². The summed E-state index contributed by atoms with van der Waals surface area (Å²) in [4.78, 5) is 0. The van der Waals surface area contributed by atoms with E-state index in [1.165, 1.54) is 16.4 Å². The smallest absolute Gasteiger partial charge is 0.396 e. The average Bonchev–Trinajstić information content (AvgIpc) is 0.761. The molecule has 0 aliphatic heterocycles. The third kappa shape index (κ3) is 28.5. The second kappa shape index (κ2) is 43.4. The van der Waals surface area contributed by atoms with Crippen molar-refractivity contribution in [3.8, 4) is 0 Å². The van der Waals surface area contributed by atoms with E-state index in [9.17, 15) is 0 Å². The molecule has 0 spiro atoms. The van der Waals surface area contributed by atoms with Gasteiger partial charge in [-0.3, -0.25) is 0 Å². The Labute approximate surface area is 748 Å². The van der Waals surface area contributed by atoms with E-state index in [2.05, 4.69) is 442 Å². The number of benzene rings is 10. The molecule has 0 bridgehead atoms. The summed E-state index contributed by atoms with van der Waals surface area (Å²) in [6.45, 7) is 58.1. The molecule has 10 nitrogen and oxygen atoms in total. The molecule has 0 radical (unpaired) electrons. The predicted octanol–water partition coefficient (Wildman–Crippen LogP) is 21.0. The van der Waals surface area contributed by atoms with Gasteiger partial charge in [0.25, 0.3) is 0 Å². The van der Waals surface area contributed by atoms with Gasteiger partial charge in [0, 0.05) is 15.2 Å². The van der Waals surface area contributed by atoms with E-state index in [0.717, 1.165) is 83.8 Å². The fourth-order valence-electron chi connectivity index (χ4n) is 15.2. The van der Waals surface area contributed by atoms with E-state index in [0.29, 0.717) is 0 Å². The first-order chi connectivity index (χ1) is 55.9. The minimum absolute atomic E-state index is 0. The fraction of sp³-hybridized carbons (Fsp3) is 0.333. The van der Waals surface area contributed by atoms with Crippen LogP contribution in [0.5, 0.6) is 0 Å². The molecule has 0 aliphatic rings. The van der Waals surface area contributed by atoms with Crippen molar-refractivity contribution in [3.05, 3.63) is 328 Å². The molecule has 0 atom stereocenters. The van der Waals surface area contributed by atoms with Crippen molar-refractivity contribution < 1.29 is 41.5 Å². The maximum absolute atomic E-state index is 8.08. The molecule has 10 rings (SSSR count). The second-order valence-corrected chi connectivity index (χ2v) is 99.0. The summed E-state index contributed by atoms with van der Waals surface area (Å²) in [5.41, 5.74) is 4.06. The highest BCUT2D eigenvalue weighted by atomic mass is 28.5. The molecule has 121 heavy (non-hydrogen) atoms. The van der Waals surface area contributed by atoms with Crippen molar-refractivity contribution in [1.82, 2.24) is 0 Å². The molecule has 650 valence electrons. The molecule has 0 heterocycles. The van der Waals surface area contributed by atoms with Crippen molar-refractivity contribution in [2.75, 3.05) is 7.11 Å². The SMILES string of the molecule is C.C.C=C[Si](C)(C)O[Si](O[Si](C)(C)CC[Si](C)(C)O[Si](OC)(c1ccccc1)c1ccccc1)(c1ccccc1)c1ccccc1.C=C[Si](C)(C)O[Si](O[Si](C)(C)CC[Si](C)(C)O[Si](O[Si](C)(C)CC[Si](C)(C)O[Si](O[Si](C)(C)CC[Si](C)(C)C)(c1ccccc1)c1ccccc1)(c1ccccc1)c1ccccc1)(c1ccccc1)c1ccccc1. The first kappa shape index (κ1) is 103. The maximum Gasteiger partial charge on any atom is 0.396 e. The molecule has 0 unspecified atom stereocenters. The Hall–Kier alpha value is -5.47. The Morgan fingerprint density at radius 2 is 0.314 bits per heavy atom. The van der Waals surface area contributed by atoms with E-state index in [4.69, 9.17) is 41.5 Å². The molecule has 0 N–H and O–H groups in total. The average molecular weight is 1880 g/mol. The van der Waals surface area contributed by atoms with E-state index in [1.807, 2.05) is 23.5 Å². The normalized spacial score (nSPS) is 13.2. The standard InChI is InChI=1S/C59H90O6Si10.C35H48O4Si5.2CH4/c1-17-67(5,6)60-73(54-36-24-18-25-37-54,55-38-26-19-27-39-55)62-69(9,10)50-51-71(13,14)64-75(58-44-32-22-33-45-58,59-46-34-23-35-47-59)65-72(15,16)53-52-70(11,12)63-74(56-40-28-20-29-41-56,57-42-30-21-31-43-57)61-68(7,8)49-48-66(2,3)4;1-9-40(3,4)37-44(34-26-18-12-19-27-34,35-28-20-13-21-29-35)39-42(7,8)31-30-41(5,6)38-43(36-2,32-22-14-10-15-23-32)33-24-16-11-17-25-33;;/h17-47H,1,48-53H2,2-16H3;9-29H,1,30-31H2,2-8H3;2*1H4. The summed E-state index contributed by atoms with van der Waals surface area (Å²) < 4.78 is 75.8. The third-order valence-electron chi connectivity index (χ3n) is 22.0. The van der Waals surface area contributed by atoms with Gasteiger partial charge in [0.2, 0.25) is 16.6 Å². The Kier molecular flexibility index (Phi) is 36.8. The molecule has 25 heteroatoms. The van der Waals surface area contributed by atoms with Crippen molar-refractivity contribution in [2.45, 2.75) is 201 Å².